The summed E-state index contributed by atoms with van der Waals surface area (Å²) in [5, 5.41) is 0. The maximum Gasteiger partial charge on any atom is 0.417 e. The molecule has 8 nitrogen and oxygen atoms in total. The van der Waals surface area contributed by atoms with Gasteiger partial charge in [0.2, 0.25) is 0 Å². The number of nitrogens with one attached hydrogen (secondary N) is 3. The molecule has 3 aromatic heterocycles. The molecule has 3 heterocycles. The van der Waals surface area contributed by atoms with E-state index in [1.165, 1.54) is 12.4 Å². The van der Waals surface area contributed by atoms with E-state index in [1.807, 2.05) is 0 Å². The van der Waals surface area contributed by atoms with Crippen LogP contribution >= 0.6 is 0 Å². The van der Waals surface area contributed by atoms with Gasteiger partial charge in [-0.15, -0.1) is 0 Å². The van der Waals surface area contributed by atoms with Crippen molar-refractivity contribution in [2.45, 2.75) is 6.18 Å². The average Bonchev–Trinajstić information content (AvgIpc) is 3.26. The number of aromatic amines is 3. The van der Waals surface area contributed by atoms with Crippen molar-refractivity contribution in [3.05, 3.63) is 60.0 Å². The monoisotopic (exact) mass is 340 g/mol. The molecule has 5 N–H and O–H groups in total. The van der Waals surface area contributed by atoms with Gasteiger partial charge in [0.1, 0.15) is 5.69 Å². The smallest absolute Gasteiger partial charge is 0.364 e. The van der Waals surface area contributed by atoms with Gasteiger partial charge in [-0.25, -0.2) is 9.97 Å². The van der Waals surface area contributed by atoms with Crippen molar-refractivity contribution in [1.29, 1.82) is 0 Å². The number of imidazole rings is 2. The molecule has 11 heteroatoms. The lowest BCUT2D eigenvalue weighted by molar-refractivity contribution is -0.137. The topological polar surface area (TPSA) is 133 Å². The number of nitrogens with zero attached hydrogens (tertiary/aromatic N) is 2. The van der Waals surface area contributed by atoms with Crippen LogP contribution in [0.2, 0.25) is 0 Å². The van der Waals surface area contributed by atoms with Crippen molar-refractivity contribution in [1.82, 2.24) is 24.9 Å². The van der Waals surface area contributed by atoms with E-state index in [0.717, 1.165) is 0 Å². The van der Waals surface area contributed by atoms with Crippen molar-refractivity contribution in [3.63, 3.8) is 0 Å². The van der Waals surface area contributed by atoms with Gasteiger partial charge in [0.05, 0.1) is 5.56 Å². The largest absolute Gasteiger partial charge is 0.417 e. The van der Waals surface area contributed by atoms with Crippen LogP contribution in [0.15, 0.2) is 37.1 Å². The molecule has 0 fully saturated rings. The van der Waals surface area contributed by atoms with Crippen molar-refractivity contribution in [2.24, 2.45) is 5.73 Å². The highest BCUT2D eigenvalue weighted by molar-refractivity contribution is 6.03. The summed E-state index contributed by atoms with van der Waals surface area (Å²) >= 11 is 0. The predicted molar refractivity (Wildman–Crippen MR) is 74.9 cm³/mol. The van der Waals surface area contributed by atoms with Crippen LogP contribution in [0.1, 0.15) is 32.5 Å². The number of aromatic nitrogens is 5. The number of nitrogens with two attached hydrogens (primary N) is 1. The summed E-state index contributed by atoms with van der Waals surface area (Å²) in [4.78, 5) is 36.9. The third-order valence-corrected chi connectivity index (χ3v) is 2.70. The van der Waals surface area contributed by atoms with Crippen molar-refractivity contribution in [3.8, 4) is 0 Å². The van der Waals surface area contributed by atoms with Gasteiger partial charge >= 0.3 is 6.18 Å². The van der Waals surface area contributed by atoms with E-state index in [-0.39, 0.29) is 11.5 Å². The Balaban J connectivity index is 0.000000174. The van der Waals surface area contributed by atoms with Crippen molar-refractivity contribution < 1.29 is 22.8 Å². The molecule has 0 aliphatic heterocycles. The summed E-state index contributed by atoms with van der Waals surface area (Å²) in [6.07, 6.45) is 2.49. The first-order chi connectivity index (χ1) is 11.3. The van der Waals surface area contributed by atoms with Crippen molar-refractivity contribution in [2.75, 3.05) is 0 Å². The molecule has 3 rings (SSSR count). The number of amides is 1. The van der Waals surface area contributed by atoms with Crippen LogP contribution in [-0.4, -0.2) is 36.6 Å². The zero-order chi connectivity index (χ0) is 17.7. The molecule has 1 amide bonds. The molecule has 126 valence electrons. The van der Waals surface area contributed by atoms with Gasteiger partial charge in [0, 0.05) is 31.0 Å². The van der Waals surface area contributed by atoms with E-state index in [1.54, 1.807) is 12.4 Å². The predicted octanol–water partition coefficient (Wildman–Crippen LogP) is 1.50. The highest BCUT2D eigenvalue weighted by atomic mass is 19.4. The van der Waals surface area contributed by atoms with Gasteiger partial charge in [0.15, 0.2) is 11.6 Å². The number of carbonyl (C=O) groups is 2. The maximum absolute atomic E-state index is 11.9. The first-order valence-corrected chi connectivity index (χ1v) is 6.38. The lowest BCUT2D eigenvalue weighted by atomic mass is 10.3. The maximum atomic E-state index is 11.9. The lowest BCUT2D eigenvalue weighted by Gasteiger charge is -2.00. The lowest BCUT2D eigenvalue weighted by Crippen LogP contribution is -2.11. The van der Waals surface area contributed by atoms with Crippen LogP contribution in [0.25, 0.3) is 0 Å². The number of primary amides is 1. The van der Waals surface area contributed by atoms with Crippen LogP contribution in [0.3, 0.4) is 0 Å². The van der Waals surface area contributed by atoms with Gasteiger partial charge in [-0.1, -0.05) is 0 Å². The fourth-order valence-electron chi connectivity index (χ4n) is 1.59. The number of H-pyrrole nitrogens is 3. The Bertz CT molecular complexity index is 769. The Hall–Kier alpha value is -3.37. The Labute approximate surface area is 132 Å². The third-order valence-electron chi connectivity index (χ3n) is 2.70. The number of carbonyl (C=O) groups excluding carboxylic acids is 2. The number of hydrogen-bond donors (Lipinski definition) is 4. The van der Waals surface area contributed by atoms with Crippen LogP contribution < -0.4 is 5.73 Å². The molecule has 0 bridgehead atoms. The van der Waals surface area contributed by atoms with Crippen LogP contribution in [0.5, 0.6) is 0 Å². The van der Waals surface area contributed by atoms with E-state index < -0.39 is 17.6 Å². The highest BCUT2D eigenvalue weighted by Crippen LogP contribution is 2.29. The molecule has 0 saturated heterocycles. The number of hydrogen-bond acceptors (Lipinski definition) is 4. The van der Waals surface area contributed by atoms with Gasteiger partial charge in [-0.05, 0) is 6.07 Å². The van der Waals surface area contributed by atoms with Crippen LogP contribution in [0.4, 0.5) is 13.2 Å². The van der Waals surface area contributed by atoms with Crippen molar-refractivity contribution >= 4 is 11.7 Å². The summed E-state index contributed by atoms with van der Waals surface area (Å²) in [6, 6.07) is 0.669. The molecule has 0 radical (unpaired) electrons. The summed E-state index contributed by atoms with van der Waals surface area (Å²) < 4.78 is 35.7. The quantitative estimate of drug-likeness (QED) is 0.538. The third kappa shape index (κ3) is 4.09. The number of ketones is 1. The second-order valence-corrected chi connectivity index (χ2v) is 4.37. The van der Waals surface area contributed by atoms with E-state index in [9.17, 15) is 22.8 Å². The molecule has 0 aliphatic rings. The Morgan fingerprint density at radius 2 is 1.54 bits per heavy atom. The first-order valence-electron chi connectivity index (χ1n) is 6.38. The van der Waals surface area contributed by atoms with E-state index in [2.05, 4.69) is 24.9 Å². The van der Waals surface area contributed by atoms with Crippen LogP contribution in [0, 0.1) is 0 Å². The SMILES string of the molecule is NC(=O)c1cc(C(F)(F)F)c[nH]1.O=C(c1ncc[nH]1)c1ncc[nH]1. The molecule has 3 aromatic rings. The number of rotatable bonds is 3. The van der Waals surface area contributed by atoms with Crippen LogP contribution in [-0.2, 0) is 6.18 Å². The van der Waals surface area contributed by atoms with Gasteiger partial charge in [-0.3, -0.25) is 9.59 Å². The van der Waals surface area contributed by atoms with Gasteiger partial charge in [-0.2, -0.15) is 13.2 Å². The minimum atomic E-state index is -4.44. The molecule has 0 aliphatic carbocycles. The Kier molecular flexibility index (Phi) is 4.82. The van der Waals surface area contributed by atoms with Gasteiger partial charge in [0.25, 0.3) is 11.7 Å². The standard InChI is InChI=1S/C7H6N4O.C6H5F3N2O/c12-5(6-8-1-2-9-6)7-10-3-4-11-7;7-6(8,9)3-1-4(5(10)12)11-2-3/h1-4H,(H,8,9)(H,10,11);1-2,11H,(H2,10,12). The molecule has 0 aromatic carbocycles. The summed E-state index contributed by atoms with van der Waals surface area (Å²) in [6.45, 7) is 0. The molecule has 0 atom stereocenters. The Morgan fingerprint density at radius 3 is 1.83 bits per heavy atom. The second-order valence-electron chi connectivity index (χ2n) is 4.37. The highest BCUT2D eigenvalue weighted by Gasteiger charge is 2.31. The zero-order valence-electron chi connectivity index (χ0n) is 11.9. The van der Waals surface area contributed by atoms with Gasteiger partial charge < -0.3 is 20.7 Å². The average molecular weight is 340 g/mol. The molecule has 0 unspecified atom stereocenters. The molecule has 0 spiro atoms. The molecule has 0 saturated carbocycles. The number of alkyl halides is 3. The number of halogens is 3. The van der Waals surface area contributed by atoms with E-state index >= 15 is 0 Å². The first kappa shape index (κ1) is 17.0. The summed E-state index contributed by atoms with van der Waals surface area (Å²) in [5.41, 5.74) is 3.58. The second kappa shape index (κ2) is 6.81. The molecule has 24 heavy (non-hydrogen) atoms. The Morgan fingerprint density at radius 1 is 1.00 bits per heavy atom. The fraction of sp³-hybridized carbons (Fsp3) is 0.0769. The van der Waals surface area contributed by atoms with E-state index in [0.29, 0.717) is 23.9 Å². The molecular weight excluding hydrogens is 329 g/mol. The van der Waals surface area contributed by atoms with E-state index in [4.69, 9.17) is 5.73 Å². The summed E-state index contributed by atoms with van der Waals surface area (Å²) in [5.74, 6) is -0.551. The fourth-order valence-corrected chi connectivity index (χ4v) is 1.59. The zero-order valence-corrected chi connectivity index (χ0v) is 11.9. The minimum Gasteiger partial charge on any atom is -0.364 e. The normalized spacial score (nSPS) is 10.8. The minimum absolute atomic E-state index is 0.231. The molecular formula is C13H11F3N6O2. The summed E-state index contributed by atoms with van der Waals surface area (Å²) in [7, 11) is 0.